The number of hydrogen-bond acceptors (Lipinski definition) is 2. The van der Waals surface area contributed by atoms with Crippen molar-refractivity contribution in [2.45, 2.75) is 37.8 Å². The van der Waals surface area contributed by atoms with Crippen LogP contribution in [0.3, 0.4) is 0 Å². The lowest BCUT2D eigenvalue weighted by Gasteiger charge is -2.35. The van der Waals surface area contributed by atoms with Gasteiger partial charge in [0.1, 0.15) is 0 Å². The standard InChI is InChI=1S/C27H20N2O2/c30-26-15-9-10-21(26)29-20-8-4-3-7-16(20)23-24-19(12-28-27(24)31)22-14-6-2-1-5-13(14)17(15)11-18(22)25(23)29/h1-8,15,17,21H,9-12H2,(H,28,31). The van der Waals surface area contributed by atoms with Crippen LogP contribution in [-0.4, -0.2) is 16.3 Å². The Morgan fingerprint density at radius 2 is 1.71 bits per heavy atom. The van der Waals surface area contributed by atoms with E-state index in [9.17, 15) is 9.59 Å². The first-order valence-corrected chi connectivity index (χ1v) is 11.3. The van der Waals surface area contributed by atoms with Crippen LogP contribution in [0, 0.1) is 5.92 Å². The van der Waals surface area contributed by atoms with Crippen LogP contribution in [0.5, 0.6) is 0 Å². The molecule has 31 heavy (non-hydrogen) atoms. The molecule has 4 aliphatic rings. The highest BCUT2D eigenvalue weighted by Crippen LogP contribution is 2.56. The van der Waals surface area contributed by atoms with Crippen LogP contribution in [-0.2, 0) is 17.8 Å². The number of para-hydroxylation sites is 1. The van der Waals surface area contributed by atoms with Crippen molar-refractivity contribution in [2.75, 3.05) is 0 Å². The van der Waals surface area contributed by atoms with Gasteiger partial charge in [-0.1, -0.05) is 42.5 Å². The third-order valence-electron chi connectivity index (χ3n) is 8.30. The van der Waals surface area contributed by atoms with Crippen LogP contribution in [0.1, 0.15) is 51.8 Å². The third-order valence-corrected chi connectivity index (χ3v) is 8.30. The lowest BCUT2D eigenvalue weighted by molar-refractivity contribution is -0.123. The van der Waals surface area contributed by atoms with Gasteiger partial charge in [-0.05, 0) is 59.1 Å². The summed E-state index contributed by atoms with van der Waals surface area (Å²) in [7, 11) is 0. The number of fused-ring (bicyclic) bond motifs is 14. The molecule has 0 saturated heterocycles. The highest BCUT2D eigenvalue weighted by Gasteiger charge is 2.47. The van der Waals surface area contributed by atoms with E-state index in [0.717, 1.165) is 52.2 Å². The summed E-state index contributed by atoms with van der Waals surface area (Å²) in [4.78, 5) is 26.9. The summed E-state index contributed by atoms with van der Waals surface area (Å²) in [6.07, 6.45) is 2.71. The minimum absolute atomic E-state index is 0.0120. The number of Topliss-reactive ketones (excluding diaryl/α,β-unsaturated/α-hetero) is 1. The van der Waals surface area contributed by atoms with Crippen molar-refractivity contribution in [1.82, 2.24) is 9.88 Å². The number of hydrogen-bond donors (Lipinski definition) is 1. The quantitative estimate of drug-likeness (QED) is 0.454. The predicted octanol–water partition coefficient (Wildman–Crippen LogP) is 4.88. The largest absolute Gasteiger partial charge is 0.348 e. The van der Waals surface area contributed by atoms with Crippen molar-refractivity contribution >= 4 is 33.5 Å². The van der Waals surface area contributed by atoms with Crippen molar-refractivity contribution in [3.63, 3.8) is 0 Å². The second-order valence-corrected chi connectivity index (χ2v) is 9.50. The molecule has 3 unspecified atom stereocenters. The van der Waals surface area contributed by atoms with Gasteiger partial charge in [-0.25, -0.2) is 0 Å². The van der Waals surface area contributed by atoms with Crippen molar-refractivity contribution in [2.24, 2.45) is 5.92 Å². The topological polar surface area (TPSA) is 51.1 Å². The maximum atomic E-state index is 13.7. The molecule has 2 aliphatic carbocycles. The summed E-state index contributed by atoms with van der Waals surface area (Å²) in [5.41, 5.74) is 9.27. The van der Waals surface area contributed by atoms with E-state index in [1.165, 1.54) is 22.3 Å². The van der Waals surface area contributed by atoms with Gasteiger partial charge in [-0.3, -0.25) is 9.59 Å². The van der Waals surface area contributed by atoms with Crippen LogP contribution in [0.2, 0.25) is 0 Å². The zero-order chi connectivity index (χ0) is 20.4. The molecule has 4 bridgehead atoms. The molecule has 1 N–H and O–H groups in total. The minimum Gasteiger partial charge on any atom is -0.348 e. The van der Waals surface area contributed by atoms with E-state index in [2.05, 4.69) is 46.3 Å². The van der Waals surface area contributed by atoms with Crippen LogP contribution < -0.4 is 5.32 Å². The molecule has 150 valence electrons. The number of benzene rings is 3. The fraction of sp³-hybridized carbons (Fsp3) is 0.259. The zero-order valence-corrected chi connectivity index (χ0v) is 16.9. The lowest BCUT2D eigenvalue weighted by atomic mass is 9.70. The summed E-state index contributed by atoms with van der Waals surface area (Å²) in [6.45, 7) is 0.580. The van der Waals surface area contributed by atoms with E-state index in [0.29, 0.717) is 12.3 Å². The summed E-state index contributed by atoms with van der Waals surface area (Å²) in [5, 5.41) is 5.26. The summed E-state index contributed by atoms with van der Waals surface area (Å²) < 4.78 is 2.31. The monoisotopic (exact) mass is 404 g/mol. The Kier molecular flexibility index (Phi) is 2.76. The average molecular weight is 404 g/mol. The Morgan fingerprint density at radius 1 is 0.871 bits per heavy atom. The number of aromatic nitrogens is 1. The number of nitrogens with one attached hydrogen (secondary N) is 1. The van der Waals surface area contributed by atoms with E-state index in [4.69, 9.17) is 0 Å². The number of nitrogens with zero attached hydrogens (tertiary/aromatic N) is 1. The molecule has 1 saturated carbocycles. The first-order chi connectivity index (χ1) is 15.2. The first kappa shape index (κ1) is 16.3. The lowest BCUT2D eigenvalue weighted by Crippen LogP contribution is -2.29. The molecule has 1 amide bonds. The summed E-state index contributed by atoms with van der Waals surface area (Å²) in [6, 6.07) is 16.8. The molecular formula is C27H20N2O2. The fourth-order valence-corrected chi connectivity index (χ4v) is 7.18. The Hall–Kier alpha value is -3.40. The highest BCUT2D eigenvalue weighted by atomic mass is 16.2. The number of ketones is 1. The second-order valence-electron chi connectivity index (χ2n) is 9.50. The molecule has 4 heteroatoms. The van der Waals surface area contributed by atoms with Crippen molar-refractivity contribution in [1.29, 1.82) is 0 Å². The van der Waals surface area contributed by atoms with E-state index in [1.807, 2.05) is 12.1 Å². The molecule has 2 aliphatic heterocycles. The van der Waals surface area contributed by atoms with Gasteiger partial charge >= 0.3 is 0 Å². The molecule has 1 fully saturated rings. The van der Waals surface area contributed by atoms with Crippen molar-refractivity contribution in [3.8, 4) is 11.1 Å². The zero-order valence-electron chi connectivity index (χ0n) is 16.9. The smallest absolute Gasteiger partial charge is 0.252 e. The fourth-order valence-electron chi connectivity index (χ4n) is 7.18. The first-order valence-electron chi connectivity index (χ1n) is 11.3. The molecule has 3 heterocycles. The molecule has 4 nitrogen and oxygen atoms in total. The van der Waals surface area contributed by atoms with Crippen molar-refractivity contribution in [3.05, 3.63) is 70.8 Å². The Balaban J connectivity index is 1.70. The number of rotatable bonds is 0. The average Bonchev–Trinajstić information content (AvgIpc) is 3.46. The molecule has 4 aromatic rings. The van der Waals surface area contributed by atoms with E-state index >= 15 is 0 Å². The number of carbonyl (C=O) groups excluding carboxylic acids is 2. The van der Waals surface area contributed by atoms with Gasteiger partial charge < -0.3 is 9.88 Å². The maximum Gasteiger partial charge on any atom is 0.252 e. The Bertz CT molecular complexity index is 1530. The summed E-state index contributed by atoms with van der Waals surface area (Å²) in [5.74, 6) is 0.704. The summed E-state index contributed by atoms with van der Waals surface area (Å²) >= 11 is 0. The van der Waals surface area contributed by atoms with E-state index < -0.39 is 0 Å². The minimum atomic E-state index is -0.130. The SMILES string of the molecule is O=C1NCc2c3c4c5c(c21)c1ccccc1n5C1CCC(C1=O)C(C4)c1ccccc1-3. The van der Waals surface area contributed by atoms with Crippen LogP contribution in [0.15, 0.2) is 48.5 Å². The van der Waals surface area contributed by atoms with Crippen LogP contribution in [0.4, 0.5) is 0 Å². The molecule has 3 aromatic carbocycles. The third kappa shape index (κ3) is 1.73. The van der Waals surface area contributed by atoms with Gasteiger partial charge in [0.05, 0.1) is 17.1 Å². The van der Waals surface area contributed by atoms with Gasteiger partial charge in [0.2, 0.25) is 0 Å². The van der Waals surface area contributed by atoms with Gasteiger partial charge in [0.15, 0.2) is 5.78 Å². The van der Waals surface area contributed by atoms with Crippen LogP contribution >= 0.6 is 0 Å². The second kappa shape index (κ2) is 5.25. The normalized spacial score (nSPS) is 25.0. The molecule has 3 atom stereocenters. The Labute approximate surface area is 178 Å². The van der Waals surface area contributed by atoms with Gasteiger partial charge in [-0.2, -0.15) is 0 Å². The van der Waals surface area contributed by atoms with Gasteiger partial charge in [0, 0.05) is 28.8 Å². The molecule has 0 spiro atoms. The van der Waals surface area contributed by atoms with Gasteiger partial charge in [0.25, 0.3) is 5.91 Å². The molecule has 0 radical (unpaired) electrons. The number of amides is 1. The maximum absolute atomic E-state index is 13.7. The predicted molar refractivity (Wildman–Crippen MR) is 119 cm³/mol. The van der Waals surface area contributed by atoms with Gasteiger partial charge in [-0.15, -0.1) is 0 Å². The molecule has 8 rings (SSSR count). The van der Waals surface area contributed by atoms with Crippen LogP contribution in [0.25, 0.3) is 32.9 Å². The molecule has 1 aromatic heterocycles. The highest BCUT2D eigenvalue weighted by molar-refractivity contribution is 6.23. The van der Waals surface area contributed by atoms with E-state index in [-0.39, 0.29) is 23.8 Å². The number of carbonyl (C=O) groups is 2. The van der Waals surface area contributed by atoms with Crippen molar-refractivity contribution < 1.29 is 9.59 Å². The van der Waals surface area contributed by atoms with E-state index in [1.54, 1.807) is 0 Å². The molecular weight excluding hydrogens is 384 g/mol. The Morgan fingerprint density at radius 3 is 2.65 bits per heavy atom.